The summed E-state index contributed by atoms with van der Waals surface area (Å²) >= 11 is 0. The standard InChI is InChI=1S/C14H19N3O4/c1-5-20-14(18)10-8(2)21-13-11(10)12(15-6-7-19-4)16-9(3)17-13/h5-7H2,1-4H3,(H,15,16,17). The molecule has 0 saturated heterocycles. The highest BCUT2D eigenvalue weighted by molar-refractivity contribution is 6.07. The van der Waals surface area contributed by atoms with E-state index >= 15 is 0 Å². The lowest BCUT2D eigenvalue weighted by Crippen LogP contribution is -2.12. The lowest BCUT2D eigenvalue weighted by Gasteiger charge is -2.08. The molecule has 1 N–H and O–H groups in total. The van der Waals surface area contributed by atoms with E-state index in [1.165, 1.54) is 0 Å². The molecule has 114 valence electrons. The minimum absolute atomic E-state index is 0.296. The molecule has 7 nitrogen and oxygen atoms in total. The Morgan fingerprint density at radius 2 is 2.10 bits per heavy atom. The molecule has 0 radical (unpaired) electrons. The van der Waals surface area contributed by atoms with Gasteiger partial charge in [-0.05, 0) is 20.8 Å². The Morgan fingerprint density at radius 1 is 1.33 bits per heavy atom. The maximum Gasteiger partial charge on any atom is 0.342 e. The first-order valence-corrected chi connectivity index (χ1v) is 6.76. The summed E-state index contributed by atoms with van der Waals surface area (Å²) in [6.45, 7) is 6.62. The van der Waals surface area contributed by atoms with Crippen molar-refractivity contribution in [3.63, 3.8) is 0 Å². The number of carbonyl (C=O) groups is 1. The van der Waals surface area contributed by atoms with E-state index in [0.717, 1.165) is 0 Å². The van der Waals surface area contributed by atoms with Gasteiger partial charge in [0, 0.05) is 13.7 Å². The molecule has 21 heavy (non-hydrogen) atoms. The first-order chi connectivity index (χ1) is 10.1. The van der Waals surface area contributed by atoms with Crippen LogP contribution in [0.25, 0.3) is 11.1 Å². The average molecular weight is 293 g/mol. The van der Waals surface area contributed by atoms with Crippen molar-refractivity contribution in [1.82, 2.24) is 9.97 Å². The molecular weight excluding hydrogens is 274 g/mol. The fourth-order valence-electron chi connectivity index (χ4n) is 2.07. The fourth-order valence-corrected chi connectivity index (χ4v) is 2.07. The van der Waals surface area contributed by atoms with Crippen LogP contribution in [0.2, 0.25) is 0 Å². The molecule has 2 aromatic heterocycles. The number of esters is 1. The van der Waals surface area contributed by atoms with Crippen LogP contribution in [0.5, 0.6) is 0 Å². The number of carbonyl (C=O) groups excluding carboxylic acids is 1. The smallest absolute Gasteiger partial charge is 0.342 e. The van der Waals surface area contributed by atoms with E-state index in [9.17, 15) is 4.79 Å². The van der Waals surface area contributed by atoms with Crippen LogP contribution in [-0.4, -0.2) is 42.8 Å². The van der Waals surface area contributed by atoms with Crippen LogP contribution >= 0.6 is 0 Å². The molecule has 0 aliphatic rings. The minimum Gasteiger partial charge on any atom is -0.462 e. The molecule has 7 heteroatoms. The van der Waals surface area contributed by atoms with Gasteiger partial charge in [0.15, 0.2) is 0 Å². The molecule has 0 bridgehead atoms. The average Bonchev–Trinajstić information content (AvgIpc) is 2.75. The van der Waals surface area contributed by atoms with Crippen LogP contribution < -0.4 is 5.32 Å². The monoisotopic (exact) mass is 293 g/mol. The number of ether oxygens (including phenoxy) is 2. The number of hydrogen-bond donors (Lipinski definition) is 1. The number of aromatic nitrogens is 2. The van der Waals surface area contributed by atoms with Crippen LogP contribution in [0.1, 0.15) is 28.9 Å². The quantitative estimate of drug-likeness (QED) is 0.644. The van der Waals surface area contributed by atoms with Gasteiger partial charge in [0.2, 0.25) is 5.71 Å². The predicted octanol–water partition coefficient (Wildman–Crippen LogP) is 2.07. The lowest BCUT2D eigenvalue weighted by molar-refractivity contribution is 0.0526. The minimum atomic E-state index is -0.434. The van der Waals surface area contributed by atoms with Crippen molar-refractivity contribution in [2.45, 2.75) is 20.8 Å². The Balaban J connectivity index is 2.52. The van der Waals surface area contributed by atoms with Gasteiger partial charge in [0.05, 0.1) is 18.6 Å². The van der Waals surface area contributed by atoms with Crippen molar-refractivity contribution in [1.29, 1.82) is 0 Å². The Kier molecular flexibility index (Phi) is 4.74. The second-order valence-corrected chi connectivity index (χ2v) is 4.47. The predicted molar refractivity (Wildman–Crippen MR) is 77.6 cm³/mol. The number of rotatable bonds is 6. The van der Waals surface area contributed by atoms with Gasteiger partial charge in [-0.25, -0.2) is 9.78 Å². The number of methoxy groups -OCH3 is 1. The molecule has 0 aliphatic carbocycles. The van der Waals surface area contributed by atoms with Crippen LogP contribution in [0.3, 0.4) is 0 Å². The molecular formula is C14H19N3O4. The van der Waals surface area contributed by atoms with E-state index in [0.29, 0.717) is 53.8 Å². The van der Waals surface area contributed by atoms with E-state index in [1.54, 1.807) is 27.9 Å². The molecule has 0 atom stereocenters. The number of aryl methyl sites for hydroxylation is 2. The molecule has 0 spiro atoms. The van der Waals surface area contributed by atoms with Crippen LogP contribution in [0.4, 0.5) is 5.82 Å². The highest BCUT2D eigenvalue weighted by Gasteiger charge is 2.24. The van der Waals surface area contributed by atoms with Crippen molar-refractivity contribution in [3.8, 4) is 0 Å². The first-order valence-electron chi connectivity index (χ1n) is 6.76. The number of furan rings is 1. The fraction of sp³-hybridized carbons (Fsp3) is 0.500. The van der Waals surface area contributed by atoms with Gasteiger partial charge in [-0.15, -0.1) is 0 Å². The van der Waals surface area contributed by atoms with Gasteiger partial charge >= 0.3 is 5.97 Å². The third-order valence-corrected chi connectivity index (χ3v) is 2.92. The maximum atomic E-state index is 12.1. The van der Waals surface area contributed by atoms with Crippen LogP contribution in [-0.2, 0) is 9.47 Å². The topological polar surface area (TPSA) is 86.5 Å². The number of fused-ring (bicyclic) bond motifs is 1. The van der Waals surface area contributed by atoms with Gasteiger partial charge < -0.3 is 19.2 Å². The number of anilines is 1. The molecule has 0 saturated carbocycles. The summed E-state index contributed by atoms with van der Waals surface area (Å²) < 4.78 is 15.7. The Bertz CT molecular complexity index is 651. The summed E-state index contributed by atoms with van der Waals surface area (Å²) in [7, 11) is 1.62. The van der Waals surface area contributed by atoms with Crippen molar-refractivity contribution >= 4 is 22.9 Å². The van der Waals surface area contributed by atoms with E-state index in [-0.39, 0.29) is 0 Å². The largest absolute Gasteiger partial charge is 0.462 e. The lowest BCUT2D eigenvalue weighted by atomic mass is 10.2. The van der Waals surface area contributed by atoms with Gasteiger partial charge in [0.25, 0.3) is 0 Å². The maximum absolute atomic E-state index is 12.1. The molecule has 2 rings (SSSR count). The van der Waals surface area contributed by atoms with Crippen LogP contribution in [0.15, 0.2) is 4.42 Å². The van der Waals surface area contributed by atoms with E-state index in [2.05, 4.69) is 15.3 Å². The summed E-state index contributed by atoms with van der Waals surface area (Å²) in [6.07, 6.45) is 0. The number of nitrogens with one attached hydrogen (secondary N) is 1. The van der Waals surface area contributed by atoms with Crippen molar-refractivity contribution < 1.29 is 18.7 Å². The highest BCUT2D eigenvalue weighted by atomic mass is 16.5. The van der Waals surface area contributed by atoms with Crippen LogP contribution in [0, 0.1) is 13.8 Å². The Hall–Kier alpha value is -2.15. The zero-order valence-electron chi connectivity index (χ0n) is 12.6. The zero-order valence-corrected chi connectivity index (χ0v) is 12.6. The van der Waals surface area contributed by atoms with Crippen molar-refractivity contribution in [3.05, 3.63) is 17.1 Å². The van der Waals surface area contributed by atoms with Crippen molar-refractivity contribution in [2.75, 3.05) is 32.2 Å². The van der Waals surface area contributed by atoms with E-state index in [4.69, 9.17) is 13.9 Å². The second kappa shape index (κ2) is 6.53. The highest BCUT2D eigenvalue weighted by Crippen LogP contribution is 2.30. The first kappa shape index (κ1) is 15.2. The summed E-state index contributed by atoms with van der Waals surface area (Å²) in [6, 6.07) is 0. The normalized spacial score (nSPS) is 10.9. The number of nitrogens with zero attached hydrogens (tertiary/aromatic N) is 2. The summed E-state index contributed by atoms with van der Waals surface area (Å²) in [5, 5.41) is 3.68. The third kappa shape index (κ3) is 3.13. The Morgan fingerprint density at radius 3 is 2.76 bits per heavy atom. The van der Waals surface area contributed by atoms with Crippen molar-refractivity contribution in [2.24, 2.45) is 0 Å². The molecule has 0 unspecified atom stereocenters. The second-order valence-electron chi connectivity index (χ2n) is 4.47. The molecule has 0 fully saturated rings. The summed E-state index contributed by atoms with van der Waals surface area (Å²) in [5.74, 6) is 1.15. The van der Waals surface area contributed by atoms with Gasteiger partial charge in [-0.3, -0.25) is 0 Å². The van der Waals surface area contributed by atoms with Gasteiger partial charge in [-0.2, -0.15) is 4.98 Å². The molecule has 0 amide bonds. The summed E-state index contributed by atoms with van der Waals surface area (Å²) in [4.78, 5) is 20.7. The third-order valence-electron chi connectivity index (χ3n) is 2.92. The molecule has 0 aromatic carbocycles. The van der Waals surface area contributed by atoms with Gasteiger partial charge in [-0.1, -0.05) is 0 Å². The number of hydrogen-bond acceptors (Lipinski definition) is 7. The van der Waals surface area contributed by atoms with E-state index < -0.39 is 5.97 Å². The zero-order chi connectivity index (χ0) is 15.4. The molecule has 0 aliphatic heterocycles. The SMILES string of the molecule is CCOC(=O)c1c(C)oc2nc(C)nc(NCCOC)c12. The van der Waals surface area contributed by atoms with E-state index in [1.807, 2.05) is 0 Å². The molecule has 2 heterocycles. The van der Waals surface area contributed by atoms with Gasteiger partial charge in [0.1, 0.15) is 23.0 Å². The molecule has 2 aromatic rings. The summed E-state index contributed by atoms with van der Waals surface area (Å²) in [5.41, 5.74) is 0.745. The Labute approximate surface area is 122 Å².